The maximum Gasteiger partial charge on any atom is 0.256 e. The number of nitrogens with one attached hydrogen (secondary N) is 1. The molecular formula is C15H14BrNO2. The van der Waals surface area contributed by atoms with E-state index in [4.69, 9.17) is 4.74 Å². The fourth-order valence-electron chi connectivity index (χ4n) is 1.74. The number of rotatable bonds is 3. The molecular weight excluding hydrogens is 306 g/mol. The van der Waals surface area contributed by atoms with Gasteiger partial charge in [0.25, 0.3) is 5.91 Å². The van der Waals surface area contributed by atoms with Crippen molar-refractivity contribution in [3.8, 4) is 5.75 Å². The fourth-order valence-corrected chi connectivity index (χ4v) is 2.42. The molecule has 0 aromatic heterocycles. The van der Waals surface area contributed by atoms with Gasteiger partial charge in [-0.05, 0) is 52.7 Å². The van der Waals surface area contributed by atoms with Crippen molar-refractivity contribution in [2.45, 2.75) is 6.92 Å². The predicted octanol–water partition coefficient (Wildman–Crippen LogP) is 4.02. The molecule has 0 atom stereocenters. The molecule has 2 aromatic carbocycles. The van der Waals surface area contributed by atoms with E-state index in [1.165, 1.54) is 0 Å². The van der Waals surface area contributed by atoms with Crippen molar-refractivity contribution in [2.24, 2.45) is 0 Å². The third-order valence-electron chi connectivity index (χ3n) is 2.72. The number of anilines is 1. The van der Waals surface area contributed by atoms with Crippen LogP contribution in [-0.4, -0.2) is 13.0 Å². The Labute approximate surface area is 120 Å². The van der Waals surface area contributed by atoms with Crippen molar-refractivity contribution in [1.82, 2.24) is 0 Å². The molecule has 19 heavy (non-hydrogen) atoms. The summed E-state index contributed by atoms with van der Waals surface area (Å²) in [6.45, 7) is 1.98. The SMILES string of the molecule is COc1ccccc1NC(=O)c1ccc(C)cc1Br. The monoisotopic (exact) mass is 319 g/mol. The molecule has 0 saturated carbocycles. The van der Waals surface area contributed by atoms with Gasteiger partial charge in [0, 0.05) is 4.47 Å². The van der Waals surface area contributed by atoms with Crippen molar-refractivity contribution < 1.29 is 9.53 Å². The van der Waals surface area contributed by atoms with E-state index < -0.39 is 0 Å². The molecule has 98 valence electrons. The lowest BCUT2D eigenvalue weighted by Crippen LogP contribution is -2.13. The summed E-state index contributed by atoms with van der Waals surface area (Å²) in [5.74, 6) is 0.468. The second kappa shape index (κ2) is 5.89. The fraction of sp³-hybridized carbons (Fsp3) is 0.133. The van der Waals surface area contributed by atoms with Gasteiger partial charge >= 0.3 is 0 Å². The van der Waals surface area contributed by atoms with Crippen LogP contribution in [0.3, 0.4) is 0 Å². The van der Waals surface area contributed by atoms with Crippen LogP contribution in [0.5, 0.6) is 5.75 Å². The zero-order chi connectivity index (χ0) is 13.8. The van der Waals surface area contributed by atoms with Gasteiger partial charge in [-0.2, -0.15) is 0 Å². The first-order chi connectivity index (χ1) is 9.11. The van der Waals surface area contributed by atoms with Gasteiger partial charge in [-0.15, -0.1) is 0 Å². The van der Waals surface area contributed by atoms with E-state index in [0.29, 0.717) is 17.0 Å². The first-order valence-corrected chi connectivity index (χ1v) is 6.61. The van der Waals surface area contributed by atoms with E-state index in [-0.39, 0.29) is 5.91 Å². The second-order valence-electron chi connectivity index (χ2n) is 4.14. The number of amides is 1. The third kappa shape index (κ3) is 3.15. The molecule has 1 N–H and O–H groups in total. The lowest BCUT2D eigenvalue weighted by molar-refractivity contribution is 0.102. The van der Waals surface area contributed by atoms with E-state index >= 15 is 0 Å². The number of carbonyl (C=O) groups is 1. The van der Waals surface area contributed by atoms with Crippen LogP contribution < -0.4 is 10.1 Å². The highest BCUT2D eigenvalue weighted by atomic mass is 79.9. The Morgan fingerprint density at radius 2 is 1.95 bits per heavy atom. The van der Waals surface area contributed by atoms with Gasteiger partial charge in [0.1, 0.15) is 5.75 Å². The Morgan fingerprint density at radius 3 is 2.63 bits per heavy atom. The minimum Gasteiger partial charge on any atom is -0.495 e. The maximum absolute atomic E-state index is 12.2. The van der Waals surface area contributed by atoms with Crippen molar-refractivity contribution in [3.63, 3.8) is 0 Å². The standard InChI is InChI=1S/C15H14BrNO2/c1-10-7-8-11(12(16)9-10)15(18)17-13-5-3-4-6-14(13)19-2/h3-9H,1-2H3,(H,17,18). The summed E-state index contributed by atoms with van der Waals surface area (Å²) in [5.41, 5.74) is 2.35. The highest BCUT2D eigenvalue weighted by molar-refractivity contribution is 9.10. The van der Waals surface area contributed by atoms with Gasteiger partial charge in [0.05, 0.1) is 18.4 Å². The summed E-state index contributed by atoms with van der Waals surface area (Å²) in [7, 11) is 1.58. The van der Waals surface area contributed by atoms with Crippen molar-refractivity contribution >= 4 is 27.5 Å². The molecule has 0 aliphatic heterocycles. The average molecular weight is 320 g/mol. The summed E-state index contributed by atoms with van der Waals surface area (Å²) in [6.07, 6.45) is 0. The quantitative estimate of drug-likeness (QED) is 0.928. The average Bonchev–Trinajstić information content (AvgIpc) is 2.39. The molecule has 2 rings (SSSR count). The molecule has 0 fully saturated rings. The van der Waals surface area contributed by atoms with Crippen molar-refractivity contribution in [2.75, 3.05) is 12.4 Å². The molecule has 0 bridgehead atoms. The largest absolute Gasteiger partial charge is 0.495 e. The Morgan fingerprint density at radius 1 is 1.21 bits per heavy atom. The minimum absolute atomic E-state index is 0.170. The first-order valence-electron chi connectivity index (χ1n) is 5.82. The lowest BCUT2D eigenvalue weighted by atomic mass is 10.1. The summed E-state index contributed by atoms with van der Waals surface area (Å²) in [4.78, 5) is 12.2. The highest BCUT2D eigenvalue weighted by Crippen LogP contribution is 2.25. The van der Waals surface area contributed by atoms with Crippen LogP contribution in [0.25, 0.3) is 0 Å². The molecule has 0 radical (unpaired) electrons. The Hall–Kier alpha value is -1.81. The van der Waals surface area contributed by atoms with Gasteiger partial charge in [-0.25, -0.2) is 0 Å². The molecule has 0 saturated heterocycles. The number of hydrogen-bond acceptors (Lipinski definition) is 2. The van der Waals surface area contributed by atoms with E-state index in [9.17, 15) is 4.79 Å². The summed E-state index contributed by atoms with van der Waals surface area (Å²) >= 11 is 3.40. The lowest BCUT2D eigenvalue weighted by Gasteiger charge is -2.10. The van der Waals surface area contributed by atoms with E-state index in [1.807, 2.05) is 31.2 Å². The number of carbonyl (C=O) groups excluding carboxylic acids is 1. The number of benzene rings is 2. The van der Waals surface area contributed by atoms with E-state index in [2.05, 4.69) is 21.2 Å². The number of methoxy groups -OCH3 is 1. The topological polar surface area (TPSA) is 38.3 Å². The van der Waals surface area contributed by atoms with Crippen LogP contribution in [0, 0.1) is 6.92 Å². The number of hydrogen-bond donors (Lipinski definition) is 1. The molecule has 0 heterocycles. The van der Waals surface area contributed by atoms with Crippen LogP contribution in [-0.2, 0) is 0 Å². The van der Waals surface area contributed by atoms with Crippen LogP contribution >= 0.6 is 15.9 Å². The van der Waals surface area contributed by atoms with Gasteiger partial charge in [0.2, 0.25) is 0 Å². The summed E-state index contributed by atoms with van der Waals surface area (Å²) in [6, 6.07) is 12.9. The van der Waals surface area contributed by atoms with Gasteiger partial charge in [-0.1, -0.05) is 18.2 Å². The van der Waals surface area contributed by atoms with Crippen LogP contribution in [0.2, 0.25) is 0 Å². The van der Waals surface area contributed by atoms with Gasteiger partial charge in [-0.3, -0.25) is 4.79 Å². The molecule has 3 nitrogen and oxygen atoms in total. The van der Waals surface area contributed by atoms with Crippen LogP contribution in [0.15, 0.2) is 46.9 Å². The predicted molar refractivity (Wildman–Crippen MR) is 79.8 cm³/mol. The normalized spacial score (nSPS) is 10.1. The minimum atomic E-state index is -0.170. The zero-order valence-corrected chi connectivity index (χ0v) is 12.3. The Kier molecular flexibility index (Phi) is 4.22. The van der Waals surface area contributed by atoms with Gasteiger partial charge < -0.3 is 10.1 Å². The molecule has 0 unspecified atom stereocenters. The van der Waals surface area contributed by atoms with Crippen LogP contribution in [0.1, 0.15) is 15.9 Å². The molecule has 0 aliphatic rings. The Balaban J connectivity index is 2.26. The molecule has 0 aliphatic carbocycles. The van der Waals surface area contributed by atoms with Crippen molar-refractivity contribution in [1.29, 1.82) is 0 Å². The van der Waals surface area contributed by atoms with Crippen LogP contribution in [0.4, 0.5) is 5.69 Å². The van der Waals surface area contributed by atoms with Crippen molar-refractivity contribution in [3.05, 3.63) is 58.1 Å². The summed E-state index contributed by atoms with van der Waals surface area (Å²) < 4.78 is 5.98. The summed E-state index contributed by atoms with van der Waals surface area (Å²) in [5, 5.41) is 2.84. The number of aryl methyl sites for hydroxylation is 1. The molecule has 0 spiro atoms. The van der Waals surface area contributed by atoms with Gasteiger partial charge in [0.15, 0.2) is 0 Å². The molecule has 4 heteroatoms. The highest BCUT2D eigenvalue weighted by Gasteiger charge is 2.12. The first kappa shape index (κ1) is 13.6. The second-order valence-corrected chi connectivity index (χ2v) is 4.99. The number of para-hydroxylation sites is 2. The smallest absolute Gasteiger partial charge is 0.256 e. The number of halogens is 1. The zero-order valence-electron chi connectivity index (χ0n) is 10.7. The van der Waals surface area contributed by atoms with E-state index in [1.54, 1.807) is 25.3 Å². The molecule has 1 amide bonds. The molecule has 2 aromatic rings. The Bertz CT molecular complexity index is 611. The number of ether oxygens (including phenoxy) is 1. The maximum atomic E-state index is 12.2. The van der Waals surface area contributed by atoms with E-state index in [0.717, 1.165) is 10.0 Å². The third-order valence-corrected chi connectivity index (χ3v) is 3.38.